The summed E-state index contributed by atoms with van der Waals surface area (Å²) in [6, 6.07) is 22.1. The lowest BCUT2D eigenvalue weighted by Crippen LogP contribution is -2.19. The Kier molecular flexibility index (Phi) is 7.12. The molecule has 0 saturated carbocycles. The Hall–Kier alpha value is -2.83. The molecule has 1 aliphatic rings. The van der Waals surface area contributed by atoms with Crippen molar-refractivity contribution in [3.63, 3.8) is 0 Å². The molecule has 0 aromatic heterocycles. The molecule has 3 aromatic carbocycles. The van der Waals surface area contributed by atoms with E-state index in [9.17, 15) is 4.79 Å². The predicted octanol–water partition coefficient (Wildman–Crippen LogP) is 6.79. The molecule has 6 heteroatoms. The van der Waals surface area contributed by atoms with E-state index in [0.717, 1.165) is 33.5 Å². The van der Waals surface area contributed by atoms with Crippen LogP contribution >= 0.6 is 27.7 Å². The van der Waals surface area contributed by atoms with Gasteiger partial charge in [-0.05, 0) is 72.6 Å². The van der Waals surface area contributed by atoms with Gasteiger partial charge in [0.2, 0.25) is 0 Å². The molecule has 4 rings (SSSR count). The van der Waals surface area contributed by atoms with Crippen LogP contribution in [0.4, 0.5) is 5.69 Å². The molecule has 1 N–H and O–H groups in total. The highest BCUT2D eigenvalue weighted by atomic mass is 79.9. The van der Waals surface area contributed by atoms with Gasteiger partial charge >= 0.3 is 0 Å². The predicted molar refractivity (Wildman–Crippen MR) is 136 cm³/mol. The van der Waals surface area contributed by atoms with Crippen LogP contribution in [0.25, 0.3) is 6.08 Å². The fourth-order valence-corrected chi connectivity index (χ4v) is 4.37. The van der Waals surface area contributed by atoms with Gasteiger partial charge in [-0.25, -0.2) is 4.99 Å². The third-order valence-electron chi connectivity index (χ3n) is 5.00. The normalized spacial score (nSPS) is 15.9. The number of amides is 1. The summed E-state index contributed by atoms with van der Waals surface area (Å²) in [6.45, 7) is 4.63. The summed E-state index contributed by atoms with van der Waals surface area (Å²) < 4.78 is 6.99. The zero-order valence-corrected chi connectivity index (χ0v) is 20.3. The quantitative estimate of drug-likeness (QED) is 0.374. The van der Waals surface area contributed by atoms with Crippen LogP contribution in [-0.2, 0) is 17.8 Å². The van der Waals surface area contributed by atoms with Crippen molar-refractivity contribution in [2.24, 2.45) is 4.99 Å². The fraction of sp³-hybridized carbons (Fsp3) is 0.154. The van der Waals surface area contributed by atoms with Crippen molar-refractivity contribution in [1.29, 1.82) is 0 Å². The van der Waals surface area contributed by atoms with Crippen molar-refractivity contribution in [2.75, 3.05) is 0 Å². The maximum absolute atomic E-state index is 12.6. The number of carbonyl (C=O) groups is 1. The van der Waals surface area contributed by atoms with Gasteiger partial charge in [-0.15, -0.1) is 0 Å². The molecule has 1 fully saturated rings. The average Bonchev–Trinajstić information content (AvgIpc) is 3.13. The first-order valence-corrected chi connectivity index (χ1v) is 12.0. The molecular weight excluding hydrogens is 484 g/mol. The molecule has 0 bridgehead atoms. The van der Waals surface area contributed by atoms with Gasteiger partial charge in [0.05, 0.1) is 10.6 Å². The summed E-state index contributed by atoms with van der Waals surface area (Å²) >= 11 is 4.85. The van der Waals surface area contributed by atoms with Crippen LogP contribution in [0.15, 0.2) is 81.1 Å². The second-order valence-electron chi connectivity index (χ2n) is 7.46. The zero-order chi connectivity index (χ0) is 22.5. The number of thioether (sulfide) groups is 1. The highest BCUT2D eigenvalue weighted by Crippen LogP contribution is 2.32. The summed E-state index contributed by atoms with van der Waals surface area (Å²) in [7, 11) is 0. The first kappa shape index (κ1) is 22.4. The first-order valence-electron chi connectivity index (χ1n) is 10.4. The van der Waals surface area contributed by atoms with E-state index in [1.54, 1.807) is 0 Å². The van der Waals surface area contributed by atoms with E-state index in [2.05, 4.69) is 76.5 Å². The number of halogens is 1. The lowest BCUT2D eigenvalue weighted by Gasteiger charge is -2.10. The minimum Gasteiger partial charge on any atom is -0.488 e. The molecule has 0 unspecified atom stereocenters. The molecule has 0 spiro atoms. The van der Waals surface area contributed by atoms with Crippen LogP contribution in [0.5, 0.6) is 5.75 Å². The number of hydrogen-bond donors (Lipinski definition) is 1. The van der Waals surface area contributed by atoms with Crippen LogP contribution in [0.1, 0.15) is 29.2 Å². The van der Waals surface area contributed by atoms with Crippen molar-refractivity contribution in [2.45, 2.75) is 26.9 Å². The van der Waals surface area contributed by atoms with Crippen molar-refractivity contribution in [1.82, 2.24) is 5.32 Å². The van der Waals surface area contributed by atoms with Crippen molar-refractivity contribution in [3.8, 4) is 5.75 Å². The fourth-order valence-electron chi connectivity index (χ4n) is 3.15. The summed E-state index contributed by atoms with van der Waals surface area (Å²) in [5.41, 5.74) is 5.21. The monoisotopic (exact) mass is 506 g/mol. The molecule has 0 aliphatic carbocycles. The molecular formula is C26H23BrN2O2S. The van der Waals surface area contributed by atoms with Gasteiger partial charge in [-0.1, -0.05) is 64.8 Å². The van der Waals surface area contributed by atoms with Crippen molar-refractivity contribution >= 4 is 50.5 Å². The van der Waals surface area contributed by atoms with Crippen LogP contribution in [0, 0.1) is 6.92 Å². The molecule has 3 aromatic rings. The first-order chi connectivity index (χ1) is 15.5. The number of aryl methyl sites for hydroxylation is 2. The molecule has 1 saturated heterocycles. The third-order valence-corrected chi connectivity index (χ3v) is 6.40. The average molecular weight is 507 g/mol. The lowest BCUT2D eigenvalue weighted by atomic mass is 10.1. The Morgan fingerprint density at radius 1 is 1.03 bits per heavy atom. The molecule has 0 radical (unpaired) electrons. The van der Waals surface area contributed by atoms with E-state index < -0.39 is 0 Å². The molecule has 1 aliphatic heterocycles. The summed E-state index contributed by atoms with van der Waals surface area (Å²) in [6.07, 6.45) is 2.83. The van der Waals surface area contributed by atoms with Crippen LogP contribution in [0.2, 0.25) is 0 Å². The smallest absolute Gasteiger partial charge is 0.264 e. The van der Waals surface area contributed by atoms with Gasteiger partial charge in [-0.3, -0.25) is 4.79 Å². The Labute approximate surface area is 200 Å². The Bertz CT molecular complexity index is 1190. The van der Waals surface area contributed by atoms with Gasteiger partial charge in [-0.2, -0.15) is 0 Å². The molecule has 32 heavy (non-hydrogen) atoms. The van der Waals surface area contributed by atoms with E-state index >= 15 is 0 Å². The summed E-state index contributed by atoms with van der Waals surface area (Å²) in [5.74, 6) is 0.554. The molecule has 0 atom stereocenters. The van der Waals surface area contributed by atoms with Gasteiger partial charge in [0.25, 0.3) is 5.91 Å². The van der Waals surface area contributed by atoms with E-state index in [0.29, 0.717) is 16.7 Å². The van der Waals surface area contributed by atoms with Crippen molar-refractivity contribution < 1.29 is 9.53 Å². The number of nitrogens with one attached hydrogen (secondary N) is 1. The van der Waals surface area contributed by atoms with Gasteiger partial charge in [0, 0.05) is 10.0 Å². The summed E-state index contributed by atoms with van der Waals surface area (Å²) in [4.78, 5) is 17.7. The number of amidine groups is 1. The largest absolute Gasteiger partial charge is 0.488 e. The molecule has 4 nitrogen and oxygen atoms in total. The number of hydrogen-bond acceptors (Lipinski definition) is 4. The maximum atomic E-state index is 12.6. The van der Waals surface area contributed by atoms with Gasteiger partial charge in [0.15, 0.2) is 5.17 Å². The van der Waals surface area contributed by atoms with Crippen molar-refractivity contribution in [3.05, 3.63) is 98.4 Å². The highest BCUT2D eigenvalue weighted by Gasteiger charge is 2.24. The Morgan fingerprint density at radius 2 is 1.75 bits per heavy atom. The SMILES string of the molecule is CCc1ccc(N=C2NC(=O)/C(=C/c3cc(Br)ccc3OCc3ccc(C)cc3)S2)cc1. The minimum absolute atomic E-state index is 0.164. The zero-order valence-electron chi connectivity index (χ0n) is 17.9. The number of ether oxygens (including phenoxy) is 1. The standard InChI is InChI=1S/C26H23BrN2O2S/c1-3-18-8-11-22(12-9-18)28-26-29-25(30)24(32-26)15-20-14-21(27)10-13-23(20)31-16-19-6-4-17(2)5-7-19/h4-15H,3,16H2,1-2H3,(H,28,29,30)/b24-15-. The second-order valence-corrected chi connectivity index (χ2v) is 9.40. The number of nitrogens with zero attached hydrogens (tertiary/aromatic N) is 1. The van der Waals surface area contributed by atoms with Gasteiger partial charge < -0.3 is 10.1 Å². The summed E-state index contributed by atoms with van der Waals surface area (Å²) in [5, 5.41) is 3.42. The molecule has 162 valence electrons. The molecule has 1 heterocycles. The Morgan fingerprint density at radius 3 is 2.47 bits per heavy atom. The van der Waals surface area contributed by atoms with Crippen LogP contribution in [0.3, 0.4) is 0 Å². The topological polar surface area (TPSA) is 50.7 Å². The molecule has 1 amide bonds. The number of aliphatic imine (C=N–C) groups is 1. The number of rotatable bonds is 6. The van der Waals surface area contributed by atoms with E-state index in [1.807, 2.05) is 36.4 Å². The number of benzene rings is 3. The Balaban J connectivity index is 1.53. The van der Waals surface area contributed by atoms with E-state index in [-0.39, 0.29) is 5.91 Å². The van der Waals surface area contributed by atoms with Crippen LogP contribution < -0.4 is 10.1 Å². The van der Waals surface area contributed by atoms with E-state index in [1.165, 1.54) is 22.9 Å². The van der Waals surface area contributed by atoms with E-state index in [4.69, 9.17) is 4.74 Å². The minimum atomic E-state index is -0.164. The maximum Gasteiger partial charge on any atom is 0.264 e. The number of carbonyl (C=O) groups excluding carboxylic acids is 1. The van der Waals surface area contributed by atoms with Gasteiger partial charge in [0.1, 0.15) is 12.4 Å². The van der Waals surface area contributed by atoms with Crippen LogP contribution in [-0.4, -0.2) is 11.1 Å². The lowest BCUT2D eigenvalue weighted by molar-refractivity contribution is -0.115. The highest BCUT2D eigenvalue weighted by molar-refractivity contribution is 9.10. The third kappa shape index (κ3) is 5.69. The second kappa shape index (κ2) is 10.2.